The van der Waals surface area contributed by atoms with Gasteiger partial charge in [-0.05, 0) is 27.7 Å². The van der Waals surface area contributed by atoms with E-state index in [1.807, 2.05) is 0 Å². The number of rotatable bonds is 5. The normalized spacial score (nSPS) is 21.8. The zero-order valence-corrected chi connectivity index (χ0v) is 16.7. The van der Waals surface area contributed by atoms with E-state index < -0.39 is 29.0 Å². The maximum absolute atomic E-state index is 12.6. The molecule has 0 amide bonds. The summed E-state index contributed by atoms with van der Waals surface area (Å²) in [5.41, 5.74) is -3.10. The van der Waals surface area contributed by atoms with Gasteiger partial charge in [-0.2, -0.15) is 0 Å². The van der Waals surface area contributed by atoms with E-state index in [-0.39, 0.29) is 29.0 Å². The highest BCUT2D eigenvalue weighted by atomic mass is 79.9. The summed E-state index contributed by atoms with van der Waals surface area (Å²) in [5, 5.41) is -0.146. The van der Waals surface area contributed by atoms with Crippen molar-refractivity contribution in [1.82, 2.24) is 0 Å². The molecule has 0 N–H and O–H groups in total. The smallest absolute Gasteiger partial charge is 0.356 e. The maximum Gasteiger partial charge on any atom is 0.356 e. The molecule has 0 radical (unpaired) electrons. The number of methoxy groups -OCH3 is 2. The summed E-state index contributed by atoms with van der Waals surface area (Å²) in [6.45, 7) is 6.99. The van der Waals surface area contributed by atoms with Crippen LogP contribution in [-0.4, -0.2) is 61.1 Å². The van der Waals surface area contributed by atoms with E-state index in [0.29, 0.717) is 0 Å². The highest BCUT2D eigenvalue weighted by molar-refractivity contribution is 9.09. The van der Waals surface area contributed by atoms with Crippen LogP contribution >= 0.6 is 15.9 Å². The van der Waals surface area contributed by atoms with Gasteiger partial charge in [-0.25, -0.2) is 19.4 Å². The number of alkyl halides is 1. The molecule has 1 aliphatic heterocycles. The molecule has 1 heterocycles. The van der Waals surface area contributed by atoms with Gasteiger partial charge in [-0.3, -0.25) is 0 Å². The minimum atomic E-state index is -1.89. The van der Waals surface area contributed by atoms with E-state index in [0.717, 1.165) is 14.2 Å². The van der Waals surface area contributed by atoms with Gasteiger partial charge in [0.1, 0.15) is 11.1 Å². The molecule has 140 valence electrons. The van der Waals surface area contributed by atoms with Crippen molar-refractivity contribution in [3.63, 3.8) is 0 Å². The Bertz CT molecular complexity index is 633. The molecular weight excluding hydrogens is 398 g/mol. The largest absolute Gasteiger partial charge is 0.466 e. The molecule has 0 spiro atoms. The second kappa shape index (κ2) is 7.99. The maximum atomic E-state index is 12.6. The van der Waals surface area contributed by atoms with Crippen LogP contribution in [0.5, 0.6) is 0 Å². The molecule has 0 aliphatic carbocycles. The first-order valence-electron chi connectivity index (χ1n) is 7.51. The van der Waals surface area contributed by atoms with Gasteiger partial charge in [0, 0.05) is 0 Å². The monoisotopic (exact) mass is 419 g/mol. The number of carbonyl (C=O) groups excluding carboxylic acids is 3. The number of halogens is 1. The Morgan fingerprint density at radius 1 is 1.16 bits per heavy atom. The first kappa shape index (κ1) is 21.1. The summed E-state index contributed by atoms with van der Waals surface area (Å²) in [6, 6.07) is 0. The van der Waals surface area contributed by atoms with Gasteiger partial charge >= 0.3 is 17.9 Å². The third-order valence-electron chi connectivity index (χ3n) is 3.15. The van der Waals surface area contributed by atoms with Crippen LogP contribution in [0.3, 0.4) is 0 Å². The van der Waals surface area contributed by atoms with E-state index in [1.54, 1.807) is 27.7 Å². The standard InChI is InChI=1S/C16H22BrNO7/c1-7-24-14(21)16(8-17)10(13(20)23-6)9(12(19)22-5)11(25-16)18-15(2,3)4/h7-8H2,1-6H3. The summed E-state index contributed by atoms with van der Waals surface area (Å²) >= 11 is 3.17. The van der Waals surface area contributed by atoms with Gasteiger partial charge in [-0.1, -0.05) is 15.9 Å². The van der Waals surface area contributed by atoms with E-state index in [1.165, 1.54) is 0 Å². The quantitative estimate of drug-likeness (QED) is 0.378. The molecule has 0 saturated carbocycles. The van der Waals surface area contributed by atoms with E-state index >= 15 is 0 Å². The molecule has 1 rings (SSSR count). The van der Waals surface area contributed by atoms with Crippen LogP contribution in [0.2, 0.25) is 0 Å². The second-order valence-corrected chi connectivity index (χ2v) is 6.66. The molecule has 0 aromatic rings. The fourth-order valence-corrected chi connectivity index (χ4v) is 2.78. The number of esters is 3. The van der Waals surface area contributed by atoms with E-state index in [4.69, 9.17) is 18.9 Å². The molecule has 0 bridgehead atoms. The van der Waals surface area contributed by atoms with Crippen LogP contribution in [0, 0.1) is 0 Å². The predicted molar refractivity (Wildman–Crippen MR) is 92.5 cm³/mol. The van der Waals surface area contributed by atoms with Crippen molar-refractivity contribution in [2.24, 2.45) is 4.99 Å². The lowest BCUT2D eigenvalue weighted by molar-refractivity contribution is -0.159. The molecular formula is C16H22BrNO7. The molecule has 8 nitrogen and oxygen atoms in total. The Kier molecular flexibility index (Phi) is 6.75. The van der Waals surface area contributed by atoms with E-state index in [9.17, 15) is 14.4 Å². The highest BCUT2D eigenvalue weighted by Crippen LogP contribution is 2.38. The summed E-state index contributed by atoms with van der Waals surface area (Å²) < 4.78 is 20.3. The van der Waals surface area contributed by atoms with E-state index in [2.05, 4.69) is 20.9 Å². The van der Waals surface area contributed by atoms with Gasteiger partial charge in [0.05, 0.1) is 31.7 Å². The minimum Gasteiger partial charge on any atom is -0.466 e. The van der Waals surface area contributed by atoms with Gasteiger partial charge in [0.2, 0.25) is 11.5 Å². The third-order valence-corrected chi connectivity index (χ3v) is 3.94. The molecule has 1 aliphatic rings. The van der Waals surface area contributed by atoms with Crippen molar-refractivity contribution in [1.29, 1.82) is 0 Å². The SMILES string of the molecule is CCOC(=O)C1(CBr)OC(=NC(C)(C)C)C(C(=O)OC)=C1C(=O)OC. The molecule has 0 aromatic carbocycles. The highest BCUT2D eigenvalue weighted by Gasteiger charge is 2.58. The van der Waals surface area contributed by atoms with Crippen molar-refractivity contribution in [2.75, 3.05) is 26.2 Å². The zero-order valence-electron chi connectivity index (χ0n) is 15.1. The van der Waals surface area contributed by atoms with Crippen molar-refractivity contribution < 1.29 is 33.3 Å². The number of nitrogens with zero attached hydrogens (tertiary/aromatic N) is 1. The van der Waals surface area contributed by atoms with Gasteiger partial charge < -0.3 is 18.9 Å². The number of hydrogen-bond acceptors (Lipinski definition) is 8. The van der Waals surface area contributed by atoms with Gasteiger partial charge in [0.25, 0.3) is 0 Å². The minimum absolute atomic E-state index is 0.0602. The van der Waals surface area contributed by atoms with Crippen LogP contribution < -0.4 is 0 Å². The van der Waals surface area contributed by atoms with Crippen molar-refractivity contribution in [3.05, 3.63) is 11.1 Å². The van der Waals surface area contributed by atoms with Crippen molar-refractivity contribution in [3.8, 4) is 0 Å². The fourth-order valence-electron chi connectivity index (χ4n) is 2.16. The summed E-state index contributed by atoms with van der Waals surface area (Å²) in [7, 11) is 2.28. The number of hydrogen-bond donors (Lipinski definition) is 0. The molecule has 9 heteroatoms. The Balaban J connectivity index is 3.79. The van der Waals surface area contributed by atoms with Crippen LogP contribution in [0.4, 0.5) is 0 Å². The lowest BCUT2D eigenvalue weighted by Gasteiger charge is -2.26. The average molecular weight is 420 g/mol. The number of ether oxygens (including phenoxy) is 4. The van der Waals surface area contributed by atoms with Crippen LogP contribution in [-0.2, 0) is 33.3 Å². The van der Waals surface area contributed by atoms with Crippen LogP contribution in [0.1, 0.15) is 27.7 Å². The number of carbonyl (C=O) groups is 3. The zero-order chi connectivity index (χ0) is 19.4. The molecule has 1 unspecified atom stereocenters. The summed E-state index contributed by atoms with van der Waals surface area (Å²) in [5.74, 6) is -2.79. The fraction of sp³-hybridized carbons (Fsp3) is 0.625. The van der Waals surface area contributed by atoms with Crippen molar-refractivity contribution >= 4 is 39.7 Å². The first-order chi connectivity index (χ1) is 11.6. The van der Waals surface area contributed by atoms with Gasteiger partial charge in [0.15, 0.2) is 0 Å². The molecule has 0 fully saturated rings. The second-order valence-electron chi connectivity index (χ2n) is 6.10. The van der Waals surface area contributed by atoms with Crippen LogP contribution in [0.25, 0.3) is 0 Å². The predicted octanol–water partition coefficient (Wildman–Crippen LogP) is 1.55. The lowest BCUT2D eigenvalue weighted by atomic mass is 9.93. The molecule has 0 aromatic heterocycles. The average Bonchev–Trinajstić information content (AvgIpc) is 2.87. The Labute approximate surface area is 154 Å². The third kappa shape index (κ3) is 4.20. The molecule has 1 atom stereocenters. The van der Waals surface area contributed by atoms with Gasteiger partial charge in [-0.15, -0.1) is 0 Å². The van der Waals surface area contributed by atoms with Crippen molar-refractivity contribution in [2.45, 2.75) is 38.8 Å². The number of aliphatic imine (C=N–C) groups is 1. The Morgan fingerprint density at radius 3 is 2.12 bits per heavy atom. The topological polar surface area (TPSA) is 100 Å². The molecule has 25 heavy (non-hydrogen) atoms. The van der Waals surface area contributed by atoms with Crippen LogP contribution in [0.15, 0.2) is 16.1 Å². The first-order valence-corrected chi connectivity index (χ1v) is 8.63. The Hall–Kier alpha value is -1.90. The molecule has 0 saturated heterocycles. The summed E-state index contributed by atoms with van der Waals surface area (Å²) in [6.07, 6.45) is 0. The summed E-state index contributed by atoms with van der Waals surface area (Å²) in [4.78, 5) is 41.6. The Morgan fingerprint density at radius 2 is 1.72 bits per heavy atom. The lowest BCUT2D eigenvalue weighted by Crippen LogP contribution is -2.47.